The predicted molar refractivity (Wildman–Crippen MR) is 136 cm³/mol. The molecule has 0 radical (unpaired) electrons. The molecule has 5 unspecified atom stereocenters. The Morgan fingerprint density at radius 3 is 2.95 bits per heavy atom. The largest absolute Gasteiger partial charge is 0.461 e. The van der Waals surface area contributed by atoms with Crippen molar-refractivity contribution < 1.29 is 18.3 Å². The van der Waals surface area contributed by atoms with Gasteiger partial charge in [-0.05, 0) is 61.9 Å². The third kappa shape index (κ3) is 3.88. The zero-order chi connectivity index (χ0) is 25.4. The van der Waals surface area contributed by atoms with E-state index < -0.39 is 17.9 Å². The molecule has 1 saturated carbocycles. The Bertz CT molecular complexity index is 1230. The molecule has 37 heavy (non-hydrogen) atoms. The summed E-state index contributed by atoms with van der Waals surface area (Å²) < 4.78 is 41.3. The summed E-state index contributed by atoms with van der Waals surface area (Å²) in [6.45, 7) is 2.11. The van der Waals surface area contributed by atoms with E-state index in [1.165, 1.54) is 5.56 Å². The zero-order valence-electron chi connectivity index (χ0n) is 21.4. The molecule has 2 aliphatic carbocycles. The Kier molecular flexibility index (Phi) is 5.42. The lowest BCUT2D eigenvalue weighted by molar-refractivity contribution is -0.0855. The molecule has 7 rings (SSSR count). The summed E-state index contributed by atoms with van der Waals surface area (Å²) in [5.74, 6) is 0.680. The maximum atomic E-state index is 14.3. The third-order valence-electron chi connectivity index (χ3n) is 9.39. The summed E-state index contributed by atoms with van der Waals surface area (Å²) in [6, 6.07) is 6.21. The van der Waals surface area contributed by atoms with Gasteiger partial charge in [-0.25, -0.2) is 8.78 Å². The minimum atomic E-state index is -0.852. The third-order valence-corrected chi connectivity index (χ3v) is 9.39. The van der Waals surface area contributed by atoms with E-state index in [9.17, 15) is 8.78 Å². The van der Waals surface area contributed by atoms with Gasteiger partial charge in [-0.15, -0.1) is 0 Å². The highest BCUT2D eigenvalue weighted by Crippen LogP contribution is 2.47. The Hall–Kier alpha value is -2.52. The second kappa shape index (κ2) is 8.50. The molecule has 1 spiro atoms. The number of nitrogens with two attached hydrogens (primary N) is 1. The minimum absolute atomic E-state index is 0.191. The Morgan fingerprint density at radius 1 is 1.24 bits per heavy atom. The number of hydrogen-bond donors (Lipinski definition) is 1. The van der Waals surface area contributed by atoms with Gasteiger partial charge >= 0.3 is 6.01 Å². The number of nitrogens with zero attached hydrogens (tertiary/aromatic N) is 4. The van der Waals surface area contributed by atoms with Crippen LogP contribution in [0.15, 0.2) is 18.2 Å². The maximum Gasteiger partial charge on any atom is 0.318 e. The van der Waals surface area contributed by atoms with Crippen LogP contribution in [0.5, 0.6) is 6.01 Å². The van der Waals surface area contributed by atoms with Gasteiger partial charge in [-0.2, -0.15) is 9.97 Å². The molecule has 0 bridgehead atoms. The Labute approximate surface area is 216 Å². The van der Waals surface area contributed by atoms with Crippen LogP contribution in [0.4, 0.5) is 20.3 Å². The van der Waals surface area contributed by atoms with E-state index in [0.717, 1.165) is 61.2 Å². The number of halogens is 2. The van der Waals surface area contributed by atoms with E-state index >= 15 is 0 Å². The quantitative estimate of drug-likeness (QED) is 0.611. The van der Waals surface area contributed by atoms with Crippen molar-refractivity contribution in [2.75, 3.05) is 37.4 Å². The molecule has 3 fully saturated rings. The summed E-state index contributed by atoms with van der Waals surface area (Å²) in [6.07, 6.45) is 4.81. The van der Waals surface area contributed by atoms with Crippen molar-refractivity contribution in [2.24, 2.45) is 0 Å². The number of hydrogen-bond acceptors (Lipinski definition) is 7. The average molecular weight is 512 g/mol. The summed E-state index contributed by atoms with van der Waals surface area (Å²) in [4.78, 5) is 13.8. The lowest BCUT2D eigenvalue weighted by Gasteiger charge is -2.43. The van der Waals surface area contributed by atoms with Crippen molar-refractivity contribution in [3.8, 4) is 6.01 Å². The first kappa shape index (κ1) is 23.6. The number of aromatic nitrogens is 2. The number of alkyl halides is 2. The Morgan fingerprint density at radius 2 is 2.11 bits per heavy atom. The maximum absolute atomic E-state index is 14.3. The minimum Gasteiger partial charge on any atom is -0.461 e. The molecular weight excluding hydrogens is 476 g/mol. The van der Waals surface area contributed by atoms with Crippen molar-refractivity contribution >= 4 is 11.5 Å². The van der Waals surface area contributed by atoms with Crippen molar-refractivity contribution in [3.63, 3.8) is 0 Å². The molecule has 198 valence electrons. The smallest absolute Gasteiger partial charge is 0.318 e. The van der Waals surface area contributed by atoms with Crippen LogP contribution in [-0.2, 0) is 29.8 Å². The van der Waals surface area contributed by atoms with Gasteiger partial charge in [-0.1, -0.05) is 6.07 Å². The van der Waals surface area contributed by atoms with Gasteiger partial charge in [0.1, 0.15) is 24.8 Å². The number of fused-ring (bicyclic) bond motifs is 4. The molecule has 0 amide bonds. The van der Waals surface area contributed by atoms with Crippen molar-refractivity contribution in [2.45, 2.75) is 87.5 Å². The van der Waals surface area contributed by atoms with Crippen LogP contribution in [0.25, 0.3) is 0 Å². The molecule has 2 saturated heterocycles. The molecule has 9 heteroatoms. The lowest BCUT2D eigenvalue weighted by atomic mass is 9.74. The monoisotopic (exact) mass is 511 g/mol. The highest BCUT2D eigenvalue weighted by atomic mass is 19.1. The fraction of sp³-hybridized carbons (Fsp3) is 0.643. The van der Waals surface area contributed by atoms with Gasteiger partial charge in [0.15, 0.2) is 0 Å². The molecular formula is C28H35F2N5O2. The first-order valence-electron chi connectivity index (χ1n) is 13.7. The number of aryl methyl sites for hydroxylation is 1. The average Bonchev–Trinajstić information content (AvgIpc) is 3.36. The first-order valence-corrected chi connectivity index (χ1v) is 13.7. The predicted octanol–water partition coefficient (Wildman–Crippen LogP) is 3.87. The van der Waals surface area contributed by atoms with Crippen molar-refractivity contribution in [3.05, 3.63) is 40.6 Å². The number of ether oxygens (including phenoxy) is 2. The summed E-state index contributed by atoms with van der Waals surface area (Å²) in [5, 5.41) is 0. The summed E-state index contributed by atoms with van der Waals surface area (Å²) >= 11 is 0. The fourth-order valence-electron chi connectivity index (χ4n) is 7.30. The van der Waals surface area contributed by atoms with Gasteiger partial charge in [0.05, 0.1) is 29.5 Å². The highest BCUT2D eigenvalue weighted by molar-refractivity contribution is 5.54. The highest BCUT2D eigenvalue weighted by Gasteiger charge is 2.50. The van der Waals surface area contributed by atoms with E-state index in [-0.39, 0.29) is 11.6 Å². The van der Waals surface area contributed by atoms with Crippen molar-refractivity contribution in [1.82, 2.24) is 14.9 Å². The molecule has 2 aromatic rings. The molecule has 5 aliphatic rings. The molecule has 3 aliphatic heterocycles. The van der Waals surface area contributed by atoms with Gasteiger partial charge in [0.25, 0.3) is 0 Å². The van der Waals surface area contributed by atoms with E-state index in [0.29, 0.717) is 50.8 Å². The molecule has 4 heterocycles. The van der Waals surface area contributed by atoms with Crippen LogP contribution < -0.4 is 15.4 Å². The fourth-order valence-corrected chi connectivity index (χ4v) is 7.30. The number of nitrogen functional groups attached to an aromatic ring is 1. The van der Waals surface area contributed by atoms with Crippen LogP contribution in [0.2, 0.25) is 0 Å². The van der Waals surface area contributed by atoms with Crippen LogP contribution in [-0.4, -0.2) is 65.5 Å². The van der Waals surface area contributed by atoms with Crippen LogP contribution in [0.3, 0.4) is 0 Å². The van der Waals surface area contributed by atoms with E-state index in [4.69, 9.17) is 25.2 Å². The zero-order valence-corrected chi connectivity index (χ0v) is 21.4. The molecule has 2 N–H and O–H groups in total. The van der Waals surface area contributed by atoms with Crippen LogP contribution >= 0.6 is 0 Å². The normalized spacial score (nSPS) is 34.2. The molecule has 7 nitrogen and oxygen atoms in total. The van der Waals surface area contributed by atoms with E-state index in [1.54, 1.807) is 0 Å². The molecule has 1 aromatic heterocycles. The van der Waals surface area contributed by atoms with Crippen LogP contribution in [0, 0.1) is 0 Å². The van der Waals surface area contributed by atoms with Gasteiger partial charge in [-0.3, -0.25) is 4.90 Å². The number of benzene rings is 1. The molecule has 5 atom stereocenters. The SMILES string of the molecule is CN(c1nc(OCC23CCCN2CC(F)C3)nc2c1COC1(CCCc3ccc(N)cc31)C2)C1CC1F. The summed E-state index contributed by atoms with van der Waals surface area (Å²) in [5.41, 5.74) is 10.3. The number of anilines is 2. The summed E-state index contributed by atoms with van der Waals surface area (Å²) in [7, 11) is 1.89. The molecule has 1 aromatic carbocycles. The topological polar surface area (TPSA) is 76.7 Å². The van der Waals surface area contributed by atoms with Gasteiger partial charge < -0.3 is 20.1 Å². The van der Waals surface area contributed by atoms with Crippen molar-refractivity contribution in [1.29, 1.82) is 0 Å². The second-order valence-electron chi connectivity index (χ2n) is 11.8. The van der Waals surface area contributed by atoms with Gasteiger partial charge in [0, 0.05) is 44.1 Å². The first-order chi connectivity index (χ1) is 17.9. The lowest BCUT2D eigenvalue weighted by Crippen LogP contribution is -2.44. The number of rotatable bonds is 5. The van der Waals surface area contributed by atoms with Gasteiger partial charge in [0.2, 0.25) is 0 Å². The van der Waals surface area contributed by atoms with Crippen LogP contribution in [0.1, 0.15) is 60.9 Å². The van der Waals surface area contributed by atoms with E-state index in [2.05, 4.69) is 11.0 Å². The Balaban J connectivity index is 1.24. The second-order valence-corrected chi connectivity index (χ2v) is 11.8. The van der Waals surface area contributed by atoms with E-state index in [1.807, 2.05) is 24.1 Å². The standard InChI is InChI=1S/C28H35F2N5O2/c1-34(24-11-22(24)30)25-20-15-37-28(8-2-4-17-5-6-19(31)10-21(17)28)13-23(20)32-26(33-25)36-16-27-7-3-9-35(27)14-18(29)12-27/h5-6,10,18,22,24H,2-4,7-9,11-16,31H2,1H3.